The molecular formula is C9H7F2IN2. The lowest BCUT2D eigenvalue weighted by Crippen LogP contribution is -2.01. The first-order valence-electron chi connectivity index (χ1n) is 3.87. The number of hydrogen-bond donors (Lipinski definition) is 0. The van der Waals surface area contributed by atoms with Crippen molar-refractivity contribution in [2.24, 2.45) is 0 Å². The Hall–Kier alpha value is -0.770. The quantitative estimate of drug-likeness (QED) is 0.788. The number of rotatable bonds is 2. The van der Waals surface area contributed by atoms with Crippen LogP contribution in [0.1, 0.15) is 23.4 Å². The minimum absolute atomic E-state index is 0.0349. The van der Waals surface area contributed by atoms with E-state index in [-0.39, 0.29) is 12.0 Å². The number of aromatic nitrogens is 1. The second-order valence-electron chi connectivity index (χ2n) is 2.73. The van der Waals surface area contributed by atoms with E-state index in [2.05, 4.69) is 4.98 Å². The summed E-state index contributed by atoms with van der Waals surface area (Å²) in [5, 5.41) is 8.44. The van der Waals surface area contributed by atoms with Crippen LogP contribution >= 0.6 is 22.6 Å². The van der Waals surface area contributed by atoms with E-state index in [9.17, 15) is 8.78 Å². The molecule has 0 aliphatic carbocycles. The van der Waals surface area contributed by atoms with Crippen molar-refractivity contribution in [1.82, 2.24) is 4.98 Å². The van der Waals surface area contributed by atoms with E-state index >= 15 is 0 Å². The number of hydrogen-bond acceptors (Lipinski definition) is 2. The van der Waals surface area contributed by atoms with Crippen LogP contribution in [0.25, 0.3) is 0 Å². The van der Waals surface area contributed by atoms with Crippen LogP contribution < -0.4 is 0 Å². The molecule has 1 aromatic heterocycles. The Morgan fingerprint density at radius 1 is 1.64 bits per heavy atom. The summed E-state index contributed by atoms with van der Waals surface area (Å²) < 4.78 is 25.5. The number of halogens is 3. The van der Waals surface area contributed by atoms with Crippen molar-refractivity contribution in [3.8, 4) is 6.07 Å². The number of nitrogens with zero attached hydrogens (tertiary/aromatic N) is 2. The van der Waals surface area contributed by atoms with Gasteiger partial charge in [0.2, 0.25) is 0 Å². The van der Waals surface area contributed by atoms with Gasteiger partial charge in [0, 0.05) is 9.26 Å². The second-order valence-corrected chi connectivity index (χ2v) is 3.89. The van der Waals surface area contributed by atoms with E-state index in [1.54, 1.807) is 0 Å². The van der Waals surface area contributed by atoms with Gasteiger partial charge >= 0.3 is 0 Å². The molecule has 1 aromatic rings. The molecule has 0 amide bonds. The van der Waals surface area contributed by atoms with Crippen molar-refractivity contribution >= 4 is 22.6 Å². The van der Waals surface area contributed by atoms with Crippen molar-refractivity contribution < 1.29 is 8.78 Å². The van der Waals surface area contributed by atoms with Gasteiger partial charge in [-0.25, -0.2) is 8.78 Å². The maximum Gasteiger partial charge on any atom is 0.266 e. The number of nitriles is 1. The van der Waals surface area contributed by atoms with E-state index in [1.807, 2.05) is 28.7 Å². The molecular weight excluding hydrogens is 301 g/mol. The molecule has 0 spiro atoms. The predicted octanol–water partition coefficient (Wildman–Crippen LogP) is 3.00. The van der Waals surface area contributed by atoms with Gasteiger partial charge in [-0.1, -0.05) is 0 Å². The van der Waals surface area contributed by atoms with Gasteiger partial charge in [-0.3, -0.25) is 4.98 Å². The summed E-state index contributed by atoms with van der Waals surface area (Å²) in [5.41, 5.74) is 0.809. The predicted molar refractivity (Wildman–Crippen MR) is 56.0 cm³/mol. The van der Waals surface area contributed by atoms with Gasteiger partial charge in [-0.15, -0.1) is 0 Å². The van der Waals surface area contributed by atoms with E-state index in [0.29, 0.717) is 15.0 Å². The summed E-state index contributed by atoms with van der Waals surface area (Å²) in [5.74, 6) is 0. The van der Waals surface area contributed by atoms with E-state index in [1.165, 1.54) is 13.0 Å². The van der Waals surface area contributed by atoms with Gasteiger partial charge in [0.25, 0.3) is 6.43 Å². The third-order valence-corrected chi connectivity index (χ3v) is 2.62. The lowest BCUT2D eigenvalue weighted by atomic mass is 10.2. The highest BCUT2D eigenvalue weighted by atomic mass is 127. The highest BCUT2D eigenvalue weighted by Crippen LogP contribution is 2.27. The van der Waals surface area contributed by atoms with Gasteiger partial charge in [0.1, 0.15) is 0 Å². The van der Waals surface area contributed by atoms with Gasteiger partial charge in [-0.05, 0) is 35.6 Å². The van der Waals surface area contributed by atoms with Gasteiger partial charge in [0.15, 0.2) is 0 Å². The lowest BCUT2D eigenvalue weighted by Gasteiger charge is -2.08. The molecule has 0 fully saturated rings. The zero-order valence-electron chi connectivity index (χ0n) is 7.39. The summed E-state index contributed by atoms with van der Waals surface area (Å²) in [7, 11) is 0. The molecule has 0 radical (unpaired) electrons. The highest BCUT2D eigenvalue weighted by Gasteiger charge is 2.16. The van der Waals surface area contributed by atoms with Gasteiger partial charge in [-0.2, -0.15) is 5.26 Å². The van der Waals surface area contributed by atoms with Crippen LogP contribution in [0.4, 0.5) is 8.78 Å². The zero-order valence-corrected chi connectivity index (χ0v) is 9.55. The Morgan fingerprint density at radius 3 is 2.71 bits per heavy atom. The van der Waals surface area contributed by atoms with Crippen LogP contribution in [-0.4, -0.2) is 4.98 Å². The minimum atomic E-state index is -2.51. The topological polar surface area (TPSA) is 36.7 Å². The molecule has 0 aromatic carbocycles. The molecule has 0 bridgehead atoms. The molecule has 0 aliphatic heterocycles. The van der Waals surface area contributed by atoms with Gasteiger partial charge in [0.05, 0.1) is 23.7 Å². The Balaban J connectivity index is 3.19. The number of pyridine rings is 1. The molecule has 0 saturated carbocycles. The van der Waals surface area contributed by atoms with E-state index < -0.39 is 6.43 Å². The first kappa shape index (κ1) is 11.3. The van der Waals surface area contributed by atoms with Crippen LogP contribution in [0.15, 0.2) is 6.07 Å². The van der Waals surface area contributed by atoms with Crippen molar-refractivity contribution in [2.45, 2.75) is 19.8 Å². The normalized spacial score (nSPS) is 10.3. The summed E-state index contributed by atoms with van der Waals surface area (Å²) in [6.45, 7) is 1.53. The third kappa shape index (κ3) is 2.38. The Bertz CT molecular complexity index is 362. The highest BCUT2D eigenvalue weighted by molar-refractivity contribution is 14.1. The largest absolute Gasteiger partial charge is 0.266 e. The molecule has 1 rings (SSSR count). The number of alkyl halides is 2. The van der Waals surface area contributed by atoms with Gasteiger partial charge < -0.3 is 0 Å². The molecule has 0 atom stereocenters. The smallest absolute Gasteiger partial charge is 0.257 e. The van der Waals surface area contributed by atoms with Crippen molar-refractivity contribution in [2.75, 3.05) is 0 Å². The van der Waals surface area contributed by atoms with Crippen LogP contribution in [0.3, 0.4) is 0 Å². The monoisotopic (exact) mass is 308 g/mol. The molecule has 74 valence electrons. The molecule has 14 heavy (non-hydrogen) atoms. The van der Waals surface area contributed by atoms with E-state index in [4.69, 9.17) is 5.26 Å². The molecule has 1 heterocycles. The van der Waals surface area contributed by atoms with Crippen LogP contribution in [-0.2, 0) is 6.42 Å². The average molecular weight is 308 g/mol. The SMILES string of the molecule is Cc1nc(CC#N)cc(I)c1C(F)F. The summed E-state index contributed by atoms with van der Waals surface area (Å²) in [6.07, 6.45) is -2.36. The fourth-order valence-electron chi connectivity index (χ4n) is 1.14. The molecule has 2 nitrogen and oxygen atoms in total. The molecule has 0 N–H and O–H groups in total. The first-order chi connectivity index (χ1) is 6.56. The fraction of sp³-hybridized carbons (Fsp3) is 0.333. The standard InChI is InChI=1S/C9H7F2IN2/c1-5-8(9(10)11)7(12)4-6(14-5)2-3-13/h4,9H,2H2,1H3. The van der Waals surface area contributed by atoms with E-state index in [0.717, 1.165) is 0 Å². The molecule has 0 aliphatic rings. The van der Waals surface area contributed by atoms with Crippen LogP contribution in [0, 0.1) is 21.8 Å². The first-order valence-corrected chi connectivity index (χ1v) is 4.95. The average Bonchev–Trinajstić information content (AvgIpc) is 2.01. The molecule has 0 saturated heterocycles. The van der Waals surface area contributed by atoms with Crippen LogP contribution in [0.5, 0.6) is 0 Å². The minimum Gasteiger partial charge on any atom is -0.257 e. The molecule has 5 heteroatoms. The Labute approximate surface area is 94.1 Å². The lowest BCUT2D eigenvalue weighted by molar-refractivity contribution is 0.149. The summed E-state index contributed by atoms with van der Waals surface area (Å²) >= 11 is 1.84. The fourth-order valence-corrected chi connectivity index (χ4v) is 2.12. The summed E-state index contributed by atoms with van der Waals surface area (Å²) in [6, 6.07) is 3.46. The van der Waals surface area contributed by atoms with Crippen molar-refractivity contribution in [1.29, 1.82) is 5.26 Å². The van der Waals surface area contributed by atoms with Crippen molar-refractivity contribution in [3.63, 3.8) is 0 Å². The summed E-state index contributed by atoms with van der Waals surface area (Å²) in [4.78, 5) is 3.94. The Kier molecular flexibility index (Phi) is 3.75. The third-order valence-electron chi connectivity index (χ3n) is 1.73. The number of aryl methyl sites for hydroxylation is 1. The maximum absolute atomic E-state index is 12.5. The molecule has 0 unspecified atom stereocenters. The van der Waals surface area contributed by atoms with Crippen molar-refractivity contribution in [3.05, 3.63) is 26.6 Å². The van der Waals surface area contributed by atoms with Crippen LogP contribution in [0.2, 0.25) is 0 Å². The Morgan fingerprint density at radius 2 is 2.29 bits per heavy atom. The maximum atomic E-state index is 12.5. The zero-order chi connectivity index (χ0) is 10.7. The second kappa shape index (κ2) is 4.64.